The summed E-state index contributed by atoms with van der Waals surface area (Å²) in [5.41, 5.74) is 1.72. The minimum Gasteiger partial charge on any atom is -0.207 e. The number of alkyl halides is 2. The monoisotopic (exact) mass is 462 g/mol. The van der Waals surface area contributed by atoms with Crippen molar-refractivity contribution in [2.24, 2.45) is 0 Å². The third-order valence-corrected chi connectivity index (χ3v) is 6.28. The minimum absolute atomic E-state index is 0.147. The fourth-order valence-electron chi connectivity index (χ4n) is 2.27. The van der Waals surface area contributed by atoms with Crippen molar-refractivity contribution >= 4 is 47.8 Å². The Bertz CT molecular complexity index is 579. The molecule has 0 bridgehead atoms. The van der Waals surface area contributed by atoms with Crippen LogP contribution in [0, 0.1) is 5.82 Å². The van der Waals surface area contributed by atoms with Crippen LogP contribution in [-0.2, 0) is 11.8 Å². The second-order valence-electron chi connectivity index (χ2n) is 4.80. The Balaban J connectivity index is 2.46. The van der Waals surface area contributed by atoms with Crippen LogP contribution in [0.25, 0.3) is 0 Å². The fraction of sp³-hybridized carbons (Fsp3) is 0.250. The van der Waals surface area contributed by atoms with Crippen LogP contribution in [-0.4, -0.2) is 10.7 Å². The predicted octanol–water partition coefficient (Wildman–Crippen LogP) is 5.86. The zero-order valence-corrected chi connectivity index (χ0v) is 15.5. The van der Waals surface area contributed by atoms with Crippen LogP contribution in [0.3, 0.4) is 0 Å². The smallest absolute Gasteiger partial charge is 0.126 e. The van der Waals surface area contributed by atoms with E-state index >= 15 is 0 Å². The molecule has 0 spiro atoms. The zero-order chi connectivity index (χ0) is 14.6. The maximum Gasteiger partial charge on any atom is 0.126 e. The summed E-state index contributed by atoms with van der Waals surface area (Å²) >= 11 is 10.8. The van der Waals surface area contributed by atoms with Gasteiger partial charge in [0, 0.05) is 20.5 Å². The molecule has 2 aromatic carbocycles. The molecule has 0 fully saturated rings. The van der Waals surface area contributed by atoms with Gasteiger partial charge in [-0.15, -0.1) is 0 Å². The average molecular weight is 465 g/mol. The van der Waals surface area contributed by atoms with Crippen LogP contribution in [0.2, 0.25) is 0 Å². The van der Waals surface area contributed by atoms with Crippen molar-refractivity contribution < 1.29 is 4.39 Å². The van der Waals surface area contributed by atoms with Crippen molar-refractivity contribution in [2.75, 3.05) is 10.7 Å². The first-order valence-corrected chi connectivity index (χ1v) is 9.27. The van der Waals surface area contributed by atoms with Gasteiger partial charge in [-0.2, -0.15) is 0 Å². The first-order valence-electron chi connectivity index (χ1n) is 6.23. The molecule has 0 heterocycles. The summed E-state index contributed by atoms with van der Waals surface area (Å²) in [6, 6.07) is 15.1. The summed E-state index contributed by atoms with van der Waals surface area (Å²) in [5.74, 6) is -0.147. The van der Waals surface area contributed by atoms with Gasteiger partial charge in [-0.3, -0.25) is 0 Å². The largest absolute Gasteiger partial charge is 0.207 e. The first-order chi connectivity index (χ1) is 9.63. The minimum atomic E-state index is -0.192. The predicted molar refractivity (Wildman–Crippen MR) is 93.5 cm³/mol. The number of benzene rings is 2. The molecule has 0 saturated carbocycles. The zero-order valence-electron chi connectivity index (χ0n) is 10.8. The van der Waals surface area contributed by atoms with E-state index in [1.165, 1.54) is 11.6 Å². The van der Waals surface area contributed by atoms with Gasteiger partial charge in [0.25, 0.3) is 0 Å². The van der Waals surface area contributed by atoms with Crippen LogP contribution in [0.4, 0.5) is 4.39 Å². The lowest BCUT2D eigenvalue weighted by Crippen LogP contribution is -2.33. The molecule has 0 amide bonds. The molecule has 0 N–H and O–H groups in total. The van der Waals surface area contributed by atoms with E-state index in [4.69, 9.17) is 0 Å². The highest BCUT2D eigenvalue weighted by atomic mass is 79.9. The molecule has 0 aliphatic heterocycles. The summed E-state index contributed by atoms with van der Waals surface area (Å²) in [5, 5.41) is 1.50. The highest BCUT2D eigenvalue weighted by Gasteiger charge is 2.32. The van der Waals surface area contributed by atoms with Crippen LogP contribution in [0.5, 0.6) is 0 Å². The Kier molecular flexibility index (Phi) is 5.82. The molecule has 2 aromatic rings. The average Bonchev–Trinajstić information content (AvgIpc) is 2.48. The first kappa shape index (κ1) is 16.2. The molecule has 0 aliphatic carbocycles. The molecule has 0 aromatic heterocycles. The Morgan fingerprint density at radius 3 is 2.10 bits per heavy atom. The van der Waals surface area contributed by atoms with E-state index in [0.29, 0.717) is 6.42 Å². The van der Waals surface area contributed by atoms with Crippen LogP contribution in [0.15, 0.2) is 53.0 Å². The van der Waals surface area contributed by atoms with Gasteiger partial charge in [-0.05, 0) is 29.7 Å². The van der Waals surface area contributed by atoms with E-state index in [1.807, 2.05) is 30.3 Å². The summed E-state index contributed by atoms with van der Waals surface area (Å²) in [6.07, 6.45) is 0.638. The highest BCUT2D eigenvalue weighted by molar-refractivity contribution is 9.10. The normalized spacial score (nSPS) is 11.6. The van der Waals surface area contributed by atoms with Crippen LogP contribution < -0.4 is 0 Å². The van der Waals surface area contributed by atoms with E-state index in [-0.39, 0.29) is 11.2 Å². The van der Waals surface area contributed by atoms with E-state index < -0.39 is 0 Å². The third kappa shape index (κ3) is 3.34. The van der Waals surface area contributed by atoms with E-state index in [2.05, 4.69) is 53.9 Å². The summed E-state index contributed by atoms with van der Waals surface area (Å²) in [7, 11) is 0. The van der Waals surface area contributed by atoms with Crippen LogP contribution in [0.1, 0.15) is 11.1 Å². The Morgan fingerprint density at radius 2 is 1.50 bits per heavy atom. The van der Waals surface area contributed by atoms with Crippen molar-refractivity contribution in [2.45, 2.75) is 11.8 Å². The molecule has 20 heavy (non-hydrogen) atoms. The third-order valence-electron chi connectivity index (χ3n) is 3.44. The second kappa shape index (κ2) is 7.19. The number of hydrogen-bond donors (Lipinski definition) is 0. The van der Waals surface area contributed by atoms with E-state index in [0.717, 1.165) is 20.7 Å². The van der Waals surface area contributed by atoms with Gasteiger partial charge < -0.3 is 0 Å². The summed E-state index contributed by atoms with van der Waals surface area (Å²) in [6.45, 7) is 0. The van der Waals surface area contributed by atoms with Crippen molar-refractivity contribution in [3.05, 3.63) is 69.9 Å². The van der Waals surface area contributed by atoms with Gasteiger partial charge in [-0.25, -0.2) is 4.39 Å². The van der Waals surface area contributed by atoms with Gasteiger partial charge in [0.2, 0.25) is 0 Å². The molecule has 2 rings (SSSR count). The van der Waals surface area contributed by atoms with Crippen LogP contribution >= 0.6 is 47.8 Å². The molecule has 0 saturated heterocycles. The lowest BCUT2D eigenvalue weighted by atomic mass is 9.79. The maximum atomic E-state index is 14.0. The molecule has 0 unspecified atom stereocenters. The molecule has 106 valence electrons. The van der Waals surface area contributed by atoms with Gasteiger partial charge in [0.1, 0.15) is 5.82 Å². The van der Waals surface area contributed by atoms with Gasteiger partial charge >= 0.3 is 0 Å². The standard InChI is InChI=1S/C16H14Br3F/c17-10-16(11-18,13-6-2-3-7-14(13)19)9-12-5-1-4-8-15(12)20/h1-8H,9-11H2. The maximum absolute atomic E-state index is 14.0. The summed E-state index contributed by atoms with van der Waals surface area (Å²) in [4.78, 5) is 0. The number of halogens is 4. The Hall–Kier alpha value is -0.190. The SMILES string of the molecule is Fc1ccccc1CC(CBr)(CBr)c1ccccc1Br. The molecule has 4 heteroatoms. The van der Waals surface area contributed by atoms with Crippen molar-refractivity contribution in [1.29, 1.82) is 0 Å². The molecular formula is C16H14Br3F. The highest BCUT2D eigenvalue weighted by Crippen LogP contribution is 2.37. The van der Waals surface area contributed by atoms with Gasteiger partial charge in [0.05, 0.1) is 0 Å². The van der Waals surface area contributed by atoms with Crippen molar-refractivity contribution in [3.63, 3.8) is 0 Å². The van der Waals surface area contributed by atoms with E-state index in [9.17, 15) is 4.39 Å². The Labute approximate surface area is 144 Å². The fourth-order valence-corrected chi connectivity index (χ4v) is 4.90. The summed E-state index contributed by atoms with van der Waals surface area (Å²) < 4.78 is 15.0. The molecule has 0 aliphatic rings. The lowest BCUT2D eigenvalue weighted by Gasteiger charge is -2.32. The molecule has 0 radical (unpaired) electrons. The van der Waals surface area contributed by atoms with E-state index in [1.54, 1.807) is 6.07 Å². The molecular weight excluding hydrogens is 451 g/mol. The quantitative estimate of drug-likeness (QED) is 0.486. The second-order valence-corrected chi connectivity index (χ2v) is 6.77. The molecule has 0 nitrogen and oxygen atoms in total. The van der Waals surface area contributed by atoms with Crippen molar-refractivity contribution in [3.8, 4) is 0 Å². The van der Waals surface area contributed by atoms with Gasteiger partial charge in [0.15, 0.2) is 0 Å². The topological polar surface area (TPSA) is 0 Å². The van der Waals surface area contributed by atoms with Crippen molar-refractivity contribution in [1.82, 2.24) is 0 Å². The molecule has 0 atom stereocenters. The lowest BCUT2D eigenvalue weighted by molar-refractivity contribution is 0.521. The number of rotatable bonds is 5. The number of hydrogen-bond acceptors (Lipinski definition) is 0. The Morgan fingerprint density at radius 1 is 0.900 bits per heavy atom. The van der Waals surface area contributed by atoms with Gasteiger partial charge in [-0.1, -0.05) is 84.2 Å².